The van der Waals surface area contributed by atoms with E-state index in [1.807, 2.05) is 18.0 Å². The van der Waals surface area contributed by atoms with E-state index in [1.165, 1.54) is 23.4 Å². The first kappa shape index (κ1) is 29.4. The second-order valence-electron chi connectivity index (χ2n) is 10.7. The van der Waals surface area contributed by atoms with Crippen LogP contribution in [0.5, 0.6) is 0 Å². The molecule has 1 aromatic carbocycles. The summed E-state index contributed by atoms with van der Waals surface area (Å²) in [7, 11) is -3.49. The summed E-state index contributed by atoms with van der Waals surface area (Å²) in [6, 6.07) is 8.05. The van der Waals surface area contributed by atoms with Crippen molar-refractivity contribution >= 4 is 33.4 Å². The van der Waals surface area contributed by atoms with Gasteiger partial charge < -0.3 is 15.5 Å². The summed E-state index contributed by atoms with van der Waals surface area (Å²) in [6.07, 6.45) is 6.91. The zero-order valence-electron chi connectivity index (χ0n) is 24.1. The summed E-state index contributed by atoms with van der Waals surface area (Å²) in [5.74, 6) is 0.599. The van der Waals surface area contributed by atoms with Crippen LogP contribution in [0.1, 0.15) is 65.0 Å². The van der Waals surface area contributed by atoms with Crippen molar-refractivity contribution in [3.05, 3.63) is 70.2 Å². The summed E-state index contributed by atoms with van der Waals surface area (Å²) in [5.41, 5.74) is 6.56. The molecule has 0 spiro atoms. The van der Waals surface area contributed by atoms with E-state index in [0.29, 0.717) is 30.2 Å². The maximum atomic E-state index is 13.4. The fourth-order valence-corrected chi connectivity index (χ4v) is 5.67. The number of hydrogen-bond donors (Lipinski definition) is 3. The Morgan fingerprint density at radius 2 is 1.80 bits per heavy atom. The number of rotatable bonds is 9. The highest BCUT2D eigenvalue weighted by Gasteiger charge is 2.30. The van der Waals surface area contributed by atoms with Crippen LogP contribution in [0, 0.1) is 20.8 Å². The third-order valence-electron chi connectivity index (χ3n) is 7.13. The largest absolute Gasteiger partial charge is 0.336 e. The molecular weight excluding hydrogens is 526 g/mol. The molecule has 10 nitrogen and oxygen atoms in total. The monoisotopic (exact) mass is 565 g/mol. The lowest BCUT2D eigenvalue weighted by atomic mass is 9.96. The number of amides is 1. The molecule has 0 bridgehead atoms. The molecule has 0 radical (unpaired) electrons. The van der Waals surface area contributed by atoms with Crippen LogP contribution in [-0.4, -0.2) is 59.1 Å². The number of nitrogens with zero attached hydrogens (tertiary/aromatic N) is 4. The average Bonchev–Trinajstić information content (AvgIpc) is 2.87. The fourth-order valence-electron chi connectivity index (χ4n) is 5.18. The summed E-state index contributed by atoms with van der Waals surface area (Å²) < 4.78 is 25.6. The number of aryl methyl sites for hydroxylation is 4. The van der Waals surface area contributed by atoms with E-state index in [2.05, 4.69) is 64.3 Å². The van der Waals surface area contributed by atoms with Crippen molar-refractivity contribution in [2.45, 2.75) is 72.5 Å². The predicted octanol–water partition coefficient (Wildman–Crippen LogP) is 4.26. The van der Waals surface area contributed by atoms with E-state index in [0.717, 1.165) is 42.5 Å². The first-order valence-electron chi connectivity index (χ1n) is 13.6. The lowest BCUT2D eigenvalue weighted by Gasteiger charge is -2.38. The Morgan fingerprint density at radius 1 is 1.07 bits per heavy atom. The maximum Gasteiger partial charge on any atom is 0.254 e. The van der Waals surface area contributed by atoms with E-state index in [-0.39, 0.29) is 23.8 Å². The van der Waals surface area contributed by atoms with E-state index in [4.69, 9.17) is 4.98 Å². The number of anilines is 3. The Labute approximate surface area is 237 Å². The van der Waals surface area contributed by atoms with Crippen molar-refractivity contribution in [2.24, 2.45) is 0 Å². The third-order valence-corrected chi connectivity index (χ3v) is 7.71. The molecular formula is C29H39N7O3S. The number of aromatic nitrogens is 3. The number of carbonyl (C=O) groups excluding carboxylic acids is 1. The van der Waals surface area contributed by atoms with Gasteiger partial charge in [-0.05, 0) is 87.4 Å². The Balaban J connectivity index is 1.40. The number of pyridine rings is 1. The Bertz CT molecular complexity index is 1470. The normalized spacial score (nSPS) is 17.5. The van der Waals surface area contributed by atoms with Crippen LogP contribution in [0.15, 0.2) is 36.7 Å². The molecule has 3 heterocycles. The van der Waals surface area contributed by atoms with Gasteiger partial charge >= 0.3 is 0 Å². The van der Waals surface area contributed by atoms with Crippen molar-refractivity contribution in [3.63, 3.8) is 0 Å². The molecule has 4 rings (SSSR count). The number of carbonyl (C=O) groups is 1. The van der Waals surface area contributed by atoms with Crippen LogP contribution in [0.4, 0.5) is 17.5 Å². The standard InChI is InChI=1S/C29H39N7O3S/c1-7-22-16-32-29(33-24-11-18(2)10-19(3)12-24)34-26(22)17-30-23-8-9-36(21(5)13-23)28(37)25-14-27(31-15-20(25)4)35-40(6,38)39/h10-12,14-16,21,23,30H,7-9,13,17H2,1-6H3,(H,31,35)(H,32,33,34)/t21-,23-/m1/s1. The van der Waals surface area contributed by atoms with Gasteiger partial charge in [-0.3, -0.25) is 9.52 Å². The first-order chi connectivity index (χ1) is 18.9. The summed E-state index contributed by atoms with van der Waals surface area (Å²) in [6.45, 7) is 11.3. The minimum Gasteiger partial charge on any atom is -0.336 e. The highest BCUT2D eigenvalue weighted by Crippen LogP contribution is 2.24. The third kappa shape index (κ3) is 7.54. The molecule has 1 fully saturated rings. The van der Waals surface area contributed by atoms with Gasteiger partial charge in [0, 0.05) is 48.8 Å². The van der Waals surface area contributed by atoms with Gasteiger partial charge in [0.1, 0.15) is 5.82 Å². The van der Waals surface area contributed by atoms with Gasteiger partial charge in [0.05, 0.1) is 11.9 Å². The van der Waals surface area contributed by atoms with Crippen LogP contribution >= 0.6 is 0 Å². The molecule has 11 heteroatoms. The van der Waals surface area contributed by atoms with Crippen LogP contribution in [0.25, 0.3) is 0 Å². The van der Waals surface area contributed by atoms with Crippen molar-refractivity contribution in [3.8, 4) is 0 Å². The Hall–Kier alpha value is -3.57. The summed E-state index contributed by atoms with van der Waals surface area (Å²) in [5, 5.41) is 7.00. The van der Waals surface area contributed by atoms with E-state index in [9.17, 15) is 13.2 Å². The number of piperidine rings is 1. The molecule has 0 unspecified atom stereocenters. The van der Waals surface area contributed by atoms with Gasteiger partial charge in [-0.1, -0.05) is 13.0 Å². The Kier molecular flexibility index (Phi) is 9.05. The lowest BCUT2D eigenvalue weighted by Crippen LogP contribution is -2.49. The molecule has 3 N–H and O–H groups in total. The minimum absolute atomic E-state index is 0.00969. The second kappa shape index (κ2) is 12.3. The van der Waals surface area contributed by atoms with Gasteiger partial charge in [0.15, 0.2) is 0 Å². The minimum atomic E-state index is -3.49. The van der Waals surface area contributed by atoms with E-state index in [1.54, 1.807) is 6.92 Å². The highest BCUT2D eigenvalue weighted by molar-refractivity contribution is 7.92. The van der Waals surface area contributed by atoms with Crippen molar-refractivity contribution in [1.29, 1.82) is 0 Å². The molecule has 2 aromatic heterocycles. The van der Waals surface area contributed by atoms with Crippen LogP contribution in [0.3, 0.4) is 0 Å². The lowest BCUT2D eigenvalue weighted by molar-refractivity contribution is 0.0601. The molecule has 40 heavy (non-hydrogen) atoms. The molecule has 0 aliphatic carbocycles. The molecule has 214 valence electrons. The van der Waals surface area contributed by atoms with Gasteiger partial charge in [0.25, 0.3) is 5.91 Å². The molecule has 3 aromatic rings. The fraction of sp³-hybridized carbons (Fsp3) is 0.448. The molecule has 1 amide bonds. The van der Waals surface area contributed by atoms with Gasteiger partial charge in [-0.15, -0.1) is 0 Å². The smallest absolute Gasteiger partial charge is 0.254 e. The maximum absolute atomic E-state index is 13.4. The molecule has 2 atom stereocenters. The number of benzene rings is 1. The van der Waals surface area contributed by atoms with Crippen molar-refractivity contribution in [2.75, 3.05) is 22.8 Å². The van der Waals surface area contributed by atoms with Crippen LogP contribution in [0.2, 0.25) is 0 Å². The van der Waals surface area contributed by atoms with Gasteiger partial charge in [0.2, 0.25) is 16.0 Å². The van der Waals surface area contributed by atoms with Crippen LogP contribution in [-0.2, 0) is 23.0 Å². The first-order valence-corrected chi connectivity index (χ1v) is 15.5. The second-order valence-corrected chi connectivity index (χ2v) is 12.5. The zero-order valence-corrected chi connectivity index (χ0v) is 24.9. The molecule has 0 saturated carbocycles. The summed E-state index contributed by atoms with van der Waals surface area (Å²) >= 11 is 0. The number of nitrogens with one attached hydrogen (secondary N) is 3. The molecule has 1 aliphatic heterocycles. The number of hydrogen-bond acceptors (Lipinski definition) is 8. The topological polar surface area (TPSA) is 129 Å². The Morgan fingerprint density at radius 3 is 2.45 bits per heavy atom. The predicted molar refractivity (Wildman–Crippen MR) is 158 cm³/mol. The van der Waals surface area contributed by atoms with E-state index < -0.39 is 10.0 Å². The van der Waals surface area contributed by atoms with Gasteiger partial charge in [-0.2, -0.15) is 0 Å². The SMILES string of the molecule is CCc1cnc(Nc2cc(C)cc(C)c2)nc1CN[C@@H]1CCN(C(=O)c2cc(NS(C)(=O)=O)ncc2C)[C@H](C)C1. The van der Waals surface area contributed by atoms with Crippen molar-refractivity contribution < 1.29 is 13.2 Å². The molecule has 1 aliphatic rings. The van der Waals surface area contributed by atoms with Gasteiger partial charge in [-0.25, -0.2) is 23.4 Å². The summed E-state index contributed by atoms with van der Waals surface area (Å²) in [4.78, 5) is 28.7. The van der Waals surface area contributed by atoms with E-state index >= 15 is 0 Å². The van der Waals surface area contributed by atoms with Crippen LogP contribution < -0.4 is 15.4 Å². The zero-order chi connectivity index (χ0) is 29.0. The van der Waals surface area contributed by atoms with Crippen molar-refractivity contribution in [1.82, 2.24) is 25.2 Å². The molecule has 1 saturated heterocycles. The average molecular weight is 566 g/mol. The number of sulfonamides is 1. The quantitative estimate of drug-likeness (QED) is 0.351. The highest BCUT2D eigenvalue weighted by atomic mass is 32.2. The number of likely N-dealkylation sites (tertiary alicyclic amines) is 1.